The lowest BCUT2D eigenvalue weighted by atomic mass is 9.97. The number of carbonyl (C=O) groups excluding carboxylic acids is 3. The zero-order valence-electron chi connectivity index (χ0n) is 33.0. The molecule has 6 rings (SSSR count). The number of likely N-dealkylation sites (tertiary alicyclic amines) is 1. The number of fused-ring (bicyclic) bond motifs is 2. The molecule has 2 aliphatic rings. The van der Waals surface area contributed by atoms with E-state index in [4.69, 9.17) is 24.2 Å². The molecule has 2 bridgehead atoms. The summed E-state index contributed by atoms with van der Waals surface area (Å²) >= 11 is 0. The van der Waals surface area contributed by atoms with E-state index >= 15 is 0 Å². The third-order valence-corrected chi connectivity index (χ3v) is 11.5. The maximum Gasteiger partial charge on any atom is 0.407 e. The molecule has 8 atom stereocenters. The number of methoxy groups -OCH3 is 3. The summed E-state index contributed by atoms with van der Waals surface area (Å²) < 4.78 is 15.6. The number of aromatic nitrogens is 5. The van der Waals surface area contributed by atoms with Crippen molar-refractivity contribution in [1.29, 1.82) is 0 Å². The number of benzene rings is 1. The molecule has 0 unspecified atom stereocenters. The first kappa shape index (κ1) is 39.6. The van der Waals surface area contributed by atoms with Crippen molar-refractivity contribution in [3.63, 3.8) is 0 Å². The van der Waals surface area contributed by atoms with Crippen molar-refractivity contribution in [3.8, 4) is 33.8 Å². The zero-order valence-corrected chi connectivity index (χ0v) is 33.0. The lowest BCUT2D eigenvalue weighted by Gasteiger charge is -2.37. The molecule has 1 aliphatic heterocycles. The highest BCUT2D eigenvalue weighted by molar-refractivity contribution is 5.87. The summed E-state index contributed by atoms with van der Waals surface area (Å²) in [5, 5.41) is 2.64. The first-order valence-electron chi connectivity index (χ1n) is 19.2. The number of ether oxygens (including phenoxy) is 3. The Balaban J connectivity index is 1.14. The van der Waals surface area contributed by atoms with Gasteiger partial charge in [0.05, 0.1) is 67.3 Å². The summed E-state index contributed by atoms with van der Waals surface area (Å²) in [4.78, 5) is 64.2. The Kier molecular flexibility index (Phi) is 12.4. The number of nitrogens with one attached hydrogen (secondary N) is 3. The number of nitrogens with zero attached hydrogens (tertiary/aromatic N) is 5. The molecule has 3 amide bonds. The van der Waals surface area contributed by atoms with Crippen LogP contribution in [0.3, 0.4) is 0 Å². The molecular formula is C41H54N8O6. The molecule has 294 valence electrons. The van der Waals surface area contributed by atoms with Crippen LogP contribution >= 0.6 is 0 Å². The smallest absolute Gasteiger partial charge is 0.407 e. The van der Waals surface area contributed by atoms with Gasteiger partial charge in [-0.2, -0.15) is 0 Å². The van der Waals surface area contributed by atoms with E-state index in [-0.39, 0.29) is 36.0 Å². The number of amides is 3. The van der Waals surface area contributed by atoms with Crippen LogP contribution in [0.1, 0.15) is 90.5 Å². The third-order valence-electron chi connectivity index (χ3n) is 11.5. The van der Waals surface area contributed by atoms with Crippen molar-refractivity contribution in [1.82, 2.24) is 40.0 Å². The van der Waals surface area contributed by atoms with Crippen LogP contribution in [0.5, 0.6) is 0 Å². The van der Waals surface area contributed by atoms with E-state index in [1.807, 2.05) is 58.2 Å². The molecule has 3 aromatic heterocycles. The predicted octanol–water partition coefficient (Wildman–Crippen LogP) is 6.45. The topological polar surface area (TPSA) is 168 Å². The number of alkyl carbamates (subject to hydrolysis) is 1. The molecule has 2 fully saturated rings. The van der Waals surface area contributed by atoms with E-state index in [0.29, 0.717) is 24.6 Å². The Morgan fingerprint density at radius 3 is 2.22 bits per heavy atom. The predicted molar refractivity (Wildman–Crippen MR) is 207 cm³/mol. The van der Waals surface area contributed by atoms with Gasteiger partial charge in [-0.05, 0) is 77.0 Å². The number of rotatable bonds is 15. The van der Waals surface area contributed by atoms with Gasteiger partial charge in [0.25, 0.3) is 0 Å². The first-order chi connectivity index (χ1) is 26.5. The van der Waals surface area contributed by atoms with E-state index in [1.54, 1.807) is 31.3 Å². The fourth-order valence-corrected chi connectivity index (χ4v) is 7.99. The highest BCUT2D eigenvalue weighted by Crippen LogP contribution is 2.50. The second-order valence-corrected chi connectivity index (χ2v) is 14.8. The van der Waals surface area contributed by atoms with Crippen molar-refractivity contribution >= 4 is 17.9 Å². The molecule has 55 heavy (non-hydrogen) atoms. The van der Waals surface area contributed by atoms with E-state index in [9.17, 15) is 14.4 Å². The normalized spacial score (nSPS) is 20.4. The largest absolute Gasteiger partial charge is 0.453 e. The van der Waals surface area contributed by atoms with Crippen LogP contribution in [-0.4, -0.2) is 104 Å². The van der Waals surface area contributed by atoms with Crippen LogP contribution in [0.4, 0.5) is 4.79 Å². The van der Waals surface area contributed by atoms with Gasteiger partial charge in [0.2, 0.25) is 11.8 Å². The maximum atomic E-state index is 13.9. The zero-order chi connectivity index (χ0) is 39.4. The average Bonchev–Trinajstić information content (AvgIpc) is 4.05. The Morgan fingerprint density at radius 2 is 1.56 bits per heavy atom. The minimum atomic E-state index is -0.948. The number of hydrogen-bond donors (Lipinski definition) is 3. The number of piperidine rings is 1. The van der Waals surface area contributed by atoms with Gasteiger partial charge in [-0.25, -0.2) is 14.8 Å². The molecule has 1 aromatic carbocycles. The molecule has 1 saturated heterocycles. The molecule has 0 radical (unpaired) electrons. The van der Waals surface area contributed by atoms with Crippen molar-refractivity contribution in [2.24, 2.45) is 5.92 Å². The number of hydrogen-bond acceptors (Lipinski definition) is 9. The van der Waals surface area contributed by atoms with Crippen molar-refractivity contribution < 1.29 is 28.6 Å². The highest BCUT2D eigenvalue weighted by atomic mass is 16.5. The fraction of sp³-hybridized carbons (Fsp3) is 0.512. The average molecular weight is 755 g/mol. The Labute approximate surface area is 322 Å². The van der Waals surface area contributed by atoms with Gasteiger partial charge in [-0.1, -0.05) is 31.2 Å². The van der Waals surface area contributed by atoms with Crippen molar-refractivity contribution in [2.75, 3.05) is 21.3 Å². The van der Waals surface area contributed by atoms with Crippen molar-refractivity contribution in [2.45, 2.75) is 109 Å². The van der Waals surface area contributed by atoms with Crippen LogP contribution < -0.4 is 5.32 Å². The molecule has 14 heteroatoms. The lowest BCUT2D eigenvalue weighted by Crippen LogP contribution is -2.56. The van der Waals surface area contributed by atoms with Crippen LogP contribution in [0, 0.1) is 5.92 Å². The summed E-state index contributed by atoms with van der Waals surface area (Å²) in [7, 11) is 4.39. The molecule has 4 aromatic rings. The molecule has 14 nitrogen and oxygen atoms in total. The summed E-state index contributed by atoms with van der Waals surface area (Å²) in [5.41, 5.74) is 5.31. The maximum absolute atomic E-state index is 13.9. The van der Waals surface area contributed by atoms with E-state index in [0.717, 1.165) is 58.9 Å². The number of pyridine rings is 1. The van der Waals surface area contributed by atoms with E-state index in [2.05, 4.69) is 37.3 Å². The monoisotopic (exact) mass is 754 g/mol. The van der Waals surface area contributed by atoms with Crippen LogP contribution in [0.25, 0.3) is 33.8 Å². The summed E-state index contributed by atoms with van der Waals surface area (Å²) in [6.45, 7) is 9.54. The van der Waals surface area contributed by atoms with Gasteiger partial charge in [0.15, 0.2) is 0 Å². The van der Waals surface area contributed by atoms with Gasteiger partial charge in [-0.15, -0.1) is 0 Å². The summed E-state index contributed by atoms with van der Waals surface area (Å²) in [6.07, 6.45) is 8.24. The Hall–Kier alpha value is -5.08. The third kappa shape index (κ3) is 8.30. The molecule has 0 spiro atoms. The Bertz CT molecular complexity index is 1930. The van der Waals surface area contributed by atoms with Crippen LogP contribution in [0.15, 0.2) is 55.0 Å². The lowest BCUT2D eigenvalue weighted by molar-refractivity contribution is -0.141. The SMILES string of the molecule is CC[C@H](C)N(C(=O)[C@@H](NC(=O)OC)[C@@H](C)OC)[C@@H](C)c1ncc(-c2ccc(-c3ccc(-c4cnc([C@@H]5[C@H]6CC[C@H](C6)N5C(=O)C[C@@H](C)OC)[nH]4)cc3)nc2)[nH]1. The van der Waals surface area contributed by atoms with Crippen molar-refractivity contribution in [3.05, 3.63) is 66.6 Å². The Morgan fingerprint density at radius 1 is 0.873 bits per heavy atom. The van der Waals surface area contributed by atoms with Gasteiger partial charge < -0.3 is 39.3 Å². The minimum absolute atomic E-state index is 0.0334. The second-order valence-electron chi connectivity index (χ2n) is 14.8. The number of H-pyrrole nitrogens is 2. The van der Waals surface area contributed by atoms with E-state index < -0.39 is 24.3 Å². The summed E-state index contributed by atoms with van der Waals surface area (Å²) in [5.74, 6) is 1.71. The van der Waals surface area contributed by atoms with Gasteiger partial charge >= 0.3 is 6.09 Å². The van der Waals surface area contributed by atoms with E-state index in [1.165, 1.54) is 14.2 Å². The fourth-order valence-electron chi connectivity index (χ4n) is 7.99. The van der Waals surface area contributed by atoms with Gasteiger partial charge in [0.1, 0.15) is 17.7 Å². The standard InChI is InChI=1S/C41H54N8O6/c1-9-23(2)48(40(51)36(26(5)54-7)47-41(52)55-8)25(4)38-43-22-34(45-38)30-15-17-32(42-20-30)27-10-12-28(13-11-27)33-21-44-39(46-33)37-29-14-16-31(19-29)49(37)35(50)18-24(3)53-6/h10-13,15,17,20-26,29,31,36-37H,9,14,16,18-19H2,1-8H3,(H,43,45)(H,44,46)(H,47,52)/t23-,24+,25-,26+,29-,31+,36-,37-/m0/s1. The quantitative estimate of drug-likeness (QED) is 0.124. The molecular weight excluding hydrogens is 701 g/mol. The minimum Gasteiger partial charge on any atom is -0.453 e. The molecule has 4 heterocycles. The first-order valence-corrected chi connectivity index (χ1v) is 19.2. The number of aromatic amines is 2. The molecule has 1 saturated carbocycles. The molecule has 3 N–H and O–H groups in total. The second kappa shape index (κ2) is 17.2. The number of imidazole rings is 2. The van der Waals surface area contributed by atoms with Gasteiger partial charge in [0, 0.05) is 43.6 Å². The summed E-state index contributed by atoms with van der Waals surface area (Å²) in [6, 6.07) is 10.9. The van der Waals surface area contributed by atoms with Crippen LogP contribution in [0.2, 0.25) is 0 Å². The van der Waals surface area contributed by atoms with Gasteiger partial charge in [-0.3, -0.25) is 14.6 Å². The highest BCUT2D eigenvalue weighted by Gasteiger charge is 2.49. The van der Waals surface area contributed by atoms with Crippen LogP contribution in [-0.2, 0) is 23.8 Å². The molecule has 1 aliphatic carbocycles. The number of carbonyl (C=O) groups is 3.